The summed E-state index contributed by atoms with van der Waals surface area (Å²) in [5.41, 5.74) is 2.78. The first kappa shape index (κ1) is 23.3. The normalized spacial score (nSPS) is 21.4. The zero-order valence-corrected chi connectivity index (χ0v) is 20.9. The summed E-state index contributed by atoms with van der Waals surface area (Å²) in [6, 6.07) is 6.43. The first-order valence-electron chi connectivity index (χ1n) is 13.4. The maximum absolute atomic E-state index is 14.2. The third-order valence-electron chi connectivity index (χ3n) is 8.14. The number of hydrogen-bond acceptors (Lipinski definition) is 8. The summed E-state index contributed by atoms with van der Waals surface area (Å²) in [5.74, 6) is 0.666. The Labute approximate surface area is 219 Å². The first-order chi connectivity index (χ1) is 18.6. The molecule has 1 aliphatic carbocycles. The number of anilines is 3. The SMILES string of the molecule is Fc1ccc(F)c(Nc2cc(-c3nc(N4CCC5NCCCC54)c4c(C5CCC5)cncc4n3)ccn2)n1. The minimum atomic E-state index is -0.775. The molecule has 0 aromatic carbocycles. The van der Waals surface area contributed by atoms with Gasteiger partial charge in [-0.3, -0.25) is 4.98 Å². The van der Waals surface area contributed by atoms with E-state index in [2.05, 4.69) is 30.5 Å². The summed E-state index contributed by atoms with van der Waals surface area (Å²) >= 11 is 0. The number of fused-ring (bicyclic) bond motifs is 2. The lowest BCUT2D eigenvalue weighted by Gasteiger charge is -2.34. The van der Waals surface area contributed by atoms with E-state index in [9.17, 15) is 8.78 Å². The standard InChI is InChI=1S/C28H28F2N8/c29-19-6-7-23(30)35-27(19)36-24-13-17(8-11-33-24)26-34-21-15-31-14-18(16-3-1-4-16)25(21)28(37-26)38-12-9-20-22(38)5-2-10-32-20/h6-8,11,13-16,20,22,32H,1-5,9-10,12H2,(H,33,35,36). The molecule has 2 N–H and O–H groups in total. The highest BCUT2D eigenvalue weighted by molar-refractivity contribution is 5.94. The van der Waals surface area contributed by atoms with Crippen LogP contribution in [-0.2, 0) is 0 Å². The van der Waals surface area contributed by atoms with Crippen LogP contribution in [0.4, 0.5) is 26.2 Å². The number of nitrogens with one attached hydrogen (secondary N) is 2. The second-order valence-corrected chi connectivity index (χ2v) is 10.4. The molecule has 2 atom stereocenters. The van der Waals surface area contributed by atoms with E-state index >= 15 is 0 Å². The molecule has 6 heterocycles. The molecule has 10 heteroatoms. The van der Waals surface area contributed by atoms with E-state index in [0.717, 1.165) is 61.2 Å². The number of rotatable bonds is 5. The van der Waals surface area contributed by atoms with E-state index in [4.69, 9.17) is 9.97 Å². The van der Waals surface area contributed by atoms with Crippen LogP contribution >= 0.6 is 0 Å². The van der Waals surface area contributed by atoms with E-state index < -0.39 is 11.8 Å². The third kappa shape index (κ3) is 4.13. The number of hydrogen-bond donors (Lipinski definition) is 2. The van der Waals surface area contributed by atoms with Gasteiger partial charge in [0, 0.05) is 42.0 Å². The average Bonchev–Trinajstić information content (AvgIpc) is 3.34. The van der Waals surface area contributed by atoms with E-state index in [-0.39, 0.29) is 5.82 Å². The zero-order chi connectivity index (χ0) is 25.6. The maximum atomic E-state index is 14.2. The molecule has 4 aromatic heterocycles. The van der Waals surface area contributed by atoms with Crippen molar-refractivity contribution in [2.45, 2.75) is 56.5 Å². The van der Waals surface area contributed by atoms with Crippen molar-refractivity contribution in [3.05, 3.63) is 60.2 Å². The number of pyridine rings is 3. The first-order valence-corrected chi connectivity index (χ1v) is 13.4. The van der Waals surface area contributed by atoms with Crippen LogP contribution in [0.15, 0.2) is 42.9 Å². The van der Waals surface area contributed by atoms with Crippen LogP contribution in [0.1, 0.15) is 50.0 Å². The van der Waals surface area contributed by atoms with Crippen LogP contribution in [0.3, 0.4) is 0 Å². The number of nitrogens with zero attached hydrogens (tertiary/aromatic N) is 6. The minimum Gasteiger partial charge on any atom is -0.351 e. The van der Waals surface area contributed by atoms with Crippen molar-refractivity contribution < 1.29 is 8.78 Å². The predicted molar refractivity (Wildman–Crippen MR) is 141 cm³/mol. The van der Waals surface area contributed by atoms with Gasteiger partial charge in [0.15, 0.2) is 17.5 Å². The molecule has 0 amide bonds. The van der Waals surface area contributed by atoms with Crippen LogP contribution in [0.2, 0.25) is 0 Å². The maximum Gasteiger partial charge on any atom is 0.214 e. The summed E-state index contributed by atoms with van der Waals surface area (Å²) < 4.78 is 27.8. The Morgan fingerprint density at radius 3 is 2.76 bits per heavy atom. The van der Waals surface area contributed by atoms with Crippen LogP contribution in [0, 0.1) is 11.8 Å². The monoisotopic (exact) mass is 514 g/mol. The molecule has 0 bridgehead atoms. The molecule has 3 fully saturated rings. The van der Waals surface area contributed by atoms with Crippen molar-refractivity contribution >= 4 is 28.4 Å². The van der Waals surface area contributed by atoms with Gasteiger partial charge in [-0.15, -0.1) is 0 Å². The van der Waals surface area contributed by atoms with E-state index in [0.29, 0.717) is 35.2 Å². The van der Waals surface area contributed by atoms with Crippen molar-refractivity contribution in [1.29, 1.82) is 0 Å². The second kappa shape index (κ2) is 9.50. The highest BCUT2D eigenvalue weighted by Gasteiger charge is 2.38. The van der Waals surface area contributed by atoms with Gasteiger partial charge in [-0.1, -0.05) is 6.42 Å². The lowest BCUT2D eigenvalue weighted by Crippen LogP contribution is -2.47. The second-order valence-electron chi connectivity index (χ2n) is 10.4. The summed E-state index contributed by atoms with van der Waals surface area (Å²) in [6.07, 6.45) is 12.4. The molecule has 1 saturated carbocycles. The Morgan fingerprint density at radius 2 is 1.89 bits per heavy atom. The van der Waals surface area contributed by atoms with Gasteiger partial charge in [0.1, 0.15) is 11.6 Å². The molecule has 8 nitrogen and oxygen atoms in total. The number of halogens is 2. The van der Waals surface area contributed by atoms with Crippen molar-refractivity contribution in [1.82, 2.24) is 30.2 Å². The molecule has 194 valence electrons. The van der Waals surface area contributed by atoms with Gasteiger partial charge in [0.25, 0.3) is 0 Å². The largest absolute Gasteiger partial charge is 0.351 e. The molecule has 2 aliphatic heterocycles. The Kier molecular flexibility index (Phi) is 5.84. The van der Waals surface area contributed by atoms with Gasteiger partial charge >= 0.3 is 0 Å². The molecule has 2 saturated heterocycles. The fourth-order valence-corrected chi connectivity index (χ4v) is 6.03. The Hall–Kier alpha value is -3.79. The average molecular weight is 515 g/mol. The molecular formula is C28H28F2N8. The Morgan fingerprint density at radius 1 is 0.974 bits per heavy atom. The minimum absolute atomic E-state index is 0.225. The van der Waals surface area contributed by atoms with Gasteiger partial charge in [0.2, 0.25) is 5.95 Å². The topological polar surface area (TPSA) is 91.8 Å². The van der Waals surface area contributed by atoms with Gasteiger partial charge in [0.05, 0.1) is 11.7 Å². The third-order valence-corrected chi connectivity index (χ3v) is 8.14. The molecule has 38 heavy (non-hydrogen) atoms. The van der Waals surface area contributed by atoms with Crippen LogP contribution in [0.5, 0.6) is 0 Å². The van der Waals surface area contributed by atoms with Crippen molar-refractivity contribution in [2.75, 3.05) is 23.3 Å². The Balaban J connectivity index is 1.33. The summed E-state index contributed by atoms with van der Waals surface area (Å²) in [4.78, 5) is 25.0. The van der Waals surface area contributed by atoms with Crippen LogP contribution in [-0.4, -0.2) is 50.1 Å². The summed E-state index contributed by atoms with van der Waals surface area (Å²) in [7, 11) is 0. The van der Waals surface area contributed by atoms with Gasteiger partial charge in [-0.05, 0) is 74.4 Å². The fourth-order valence-electron chi connectivity index (χ4n) is 6.03. The van der Waals surface area contributed by atoms with Crippen molar-refractivity contribution in [3.8, 4) is 11.4 Å². The number of aromatic nitrogens is 5. The lowest BCUT2D eigenvalue weighted by atomic mass is 9.79. The molecule has 3 aliphatic rings. The number of piperidine rings is 1. The lowest BCUT2D eigenvalue weighted by molar-refractivity contribution is 0.382. The predicted octanol–water partition coefficient (Wildman–Crippen LogP) is 5.10. The highest BCUT2D eigenvalue weighted by atomic mass is 19.1. The van der Waals surface area contributed by atoms with Crippen LogP contribution < -0.4 is 15.5 Å². The van der Waals surface area contributed by atoms with Gasteiger partial charge in [-0.2, -0.15) is 9.37 Å². The quantitative estimate of drug-likeness (QED) is 0.356. The molecule has 0 radical (unpaired) electrons. The van der Waals surface area contributed by atoms with E-state index in [1.54, 1.807) is 12.3 Å². The summed E-state index contributed by atoms with van der Waals surface area (Å²) in [5, 5.41) is 7.59. The Bertz CT molecular complexity index is 1510. The van der Waals surface area contributed by atoms with Gasteiger partial charge in [-0.25, -0.2) is 19.3 Å². The molecule has 2 unspecified atom stereocenters. The fraction of sp³-hybridized carbons (Fsp3) is 0.393. The van der Waals surface area contributed by atoms with Crippen molar-refractivity contribution in [2.24, 2.45) is 0 Å². The smallest absolute Gasteiger partial charge is 0.214 e. The summed E-state index contributed by atoms with van der Waals surface area (Å²) in [6.45, 7) is 2.00. The molecule has 0 spiro atoms. The van der Waals surface area contributed by atoms with Crippen molar-refractivity contribution in [3.63, 3.8) is 0 Å². The highest BCUT2D eigenvalue weighted by Crippen LogP contribution is 2.43. The van der Waals surface area contributed by atoms with E-state index in [1.165, 1.54) is 24.8 Å². The zero-order valence-electron chi connectivity index (χ0n) is 20.9. The molecule has 4 aromatic rings. The molecule has 7 rings (SSSR count). The van der Waals surface area contributed by atoms with E-state index in [1.807, 2.05) is 18.5 Å². The van der Waals surface area contributed by atoms with Gasteiger partial charge < -0.3 is 15.5 Å². The molecular weight excluding hydrogens is 486 g/mol. The van der Waals surface area contributed by atoms with Crippen LogP contribution in [0.25, 0.3) is 22.3 Å².